The van der Waals surface area contributed by atoms with Gasteiger partial charge in [-0.3, -0.25) is 14.6 Å². The molecule has 0 spiro atoms. The molecular formula is C24H19FN4O2S. The van der Waals surface area contributed by atoms with Crippen LogP contribution in [0, 0.1) is 5.82 Å². The number of rotatable bonds is 7. The smallest absolute Gasteiger partial charge is 0.255 e. The molecule has 0 fully saturated rings. The average Bonchev–Trinajstić information content (AvgIpc) is 3.27. The Bertz CT molecular complexity index is 1230. The van der Waals surface area contributed by atoms with E-state index in [9.17, 15) is 14.0 Å². The summed E-state index contributed by atoms with van der Waals surface area (Å²) in [6.07, 6.45) is 3.62. The SMILES string of the molecule is O=C(Cc1csc(-c2cccnc2)n1)NCc1cccc(NC(=O)c2ccc(F)cc2)c1. The van der Waals surface area contributed by atoms with Crippen molar-refractivity contribution >= 4 is 28.8 Å². The quantitative estimate of drug-likeness (QED) is 0.439. The maximum Gasteiger partial charge on any atom is 0.255 e. The molecule has 0 bridgehead atoms. The minimum atomic E-state index is -0.398. The van der Waals surface area contributed by atoms with Crippen LogP contribution in [-0.4, -0.2) is 21.8 Å². The maximum atomic E-state index is 13.0. The van der Waals surface area contributed by atoms with Crippen LogP contribution in [-0.2, 0) is 17.8 Å². The lowest BCUT2D eigenvalue weighted by Gasteiger charge is -2.09. The number of hydrogen-bond acceptors (Lipinski definition) is 5. The molecule has 0 radical (unpaired) electrons. The summed E-state index contributed by atoms with van der Waals surface area (Å²) in [6.45, 7) is 0.318. The highest BCUT2D eigenvalue weighted by Gasteiger charge is 2.10. The van der Waals surface area contributed by atoms with Crippen LogP contribution in [0.3, 0.4) is 0 Å². The van der Waals surface area contributed by atoms with Gasteiger partial charge in [-0.25, -0.2) is 9.37 Å². The summed E-state index contributed by atoms with van der Waals surface area (Å²) in [5.74, 6) is -0.877. The second-order valence-corrected chi connectivity index (χ2v) is 7.86. The Hall–Kier alpha value is -3.91. The van der Waals surface area contributed by atoms with E-state index in [4.69, 9.17) is 0 Å². The number of aromatic nitrogens is 2. The van der Waals surface area contributed by atoms with Crippen molar-refractivity contribution in [1.29, 1.82) is 0 Å². The minimum absolute atomic E-state index is 0.145. The van der Waals surface area contributed by atoms with Gasteiger partial charge in [0, 0.05) is 41.1 Å². The Morgan fingerprint density at radius 1 is 1.03 bits per heavy atom. The summed E-state index contributed by atoms with van der Waals surface area (Å²) in [6, 6.07) is 16.3. The normalized spacial score (nSPS) is 10.5. The van der Waals surface area contributed by atoms with Crippen molar-refractivity contribution in [3.8, 4) is 10.6 Å². The third-order valence-corrected chi connectivity index (χ3v) is 5.52. The molecule has 0 atom stereocenters. The van der Waals surface area contributed by atoms with Crippen molar-refractivity contribution in [2.45, 2.75) is 13.0 Å². The number of halogens is 1. The summed E-state index contributed by atoms with van der Waals surface area (Å²) >= 11 is 1.47. The zero-order valence-electron chi connectivity index (χ0n) is 16.9. The third kappa shape index (κ3) is 5.61. The van der Waals surface area contributed by atoms with Crippen LogP contribution in [0.15, 0.2) is 78.4 Å². The predicted octanol–water partition coefficient (Wildman–Crippen LogP) is 4.46. The lowest BCUT2D eigenvalue weighted by atomic mass is 10.1. The number of thiazole rings is 1. The molecule has 0 saturated heterocycles. The van der Waals surface area contributed by atoms with Gasteiger partial charge in [0.1, 0.15) is 10.8 Å². The molecule has 32 heavy (non-hydrogen) atoms. The Morgan fingerprint density at radius 2 is 1.88 bits per heavy atom. The monoisotopic (exact) mass is 446 g/mol. The van der Waals surface area contributed by atoms with Crippen LogP contribution in [0.25, 0.3) is 10.6 Å². The van der Waals surface area contributed by atoms with Gasteiger partial charge in [0.15, 0.2) is 0 Å². The number of pyridine rings is 1. The van der Waals surface area contributed by atoms with Gasteiger partial charge in [0.05, 0.1) is 12.1 Å². The van der Waals surface area contributed by atoms with Crippen LogP contribution >= 0.6 is 11.3 Å². The van der Waals surface area contributed by atoms with Gasteiger partial charge in [0.25, 0.3) is 5.91 Å². The summed E-state index contributed by atoms with van der Waals surface area (Å²) in [4.78, 5) is 33.2. The first kappa shape index (κ1) is 21.3. The highest BCUT2D eigenvalue weighted by Crippen LogP contribution is 2.22. The van der Waals surface area contributed by atoms with Crippen LogP contribution in [0.5, 0.6) is 0 Å². The van der Waals surface area contributed by atoms with Gasteiger partial charge in [-0.1, -0.05) is 12.1 Å². The number of amides is 2. The average molecular weight is 447 g/mol. The van der Waals surface area contributed by atoms with E-state index in [1.54, 1.807) is 30.6 Å². The molecule has 0 unspecified atom stereocenters. The van der Waals surface area contributed by atoms with Gasteiger partial charge in [-0.15, -0.1) is 11.3 Å². The van der Waals surface area contributed by atoms with E-state index in [1.807, 2.05) is 23.6 Å². The topological polar surface area (TPSA) is 84.0 Å². The van der Waals surface area contributed by atoms with Gasteiger partial charge >= 0.3 is 0 Å². The Kier molecular flexibility index (Phi) is 6.62. The standard InChI is InChI=1S/C24H19FN4O2S/c25-19-8-6-17(7-9-19)23(31)28-20-5-1-3-16(11-20)13-27-22(30)12-21-15-32-24(29-21)18-4-2-10-26-14-18/h1-11,14-15H,12-13H2,(H,27,30)(H,28,31). The highest BCUT2D eigenvalue weighted by molar-refractivity contribution is 7.13. The summed E-state index contributed by atoms with van der Waals surface area (Å²) in [5, 5.41) is 8.34. The van der Waals surface area contributed by atoms with E-state index in [0.29, 0.717) is 23.5 Å². The fourth-order valence-electron chi connectivity index (χ4n) is 3.00. The molecule has 2 amide bonds. The maximum absolute atomic E-state index is 13.0. The molecule has 2 heterocycles. The van der Waals surface area contributed by atoms with Crippen molar-refractivity contribution in [2.24, 2.45) is 0 Å². The molecule has 0 aliphatic rings. The van der Waals surface area contributed by atoms with Crippen molar-refractivity contribution in [1.82, 2.24) is 15.3 Å². The molecule has 4 aromatic rings. The Labute approximate surface area is 188 Å². The number of carbonyl (C=O) groups is 2. The fraction of sp³-hybridized carbons (Fsp3) is 0.0833. The lowest BCUT2D eigenvalue weighted by Crippen LogP contribution is -2.24. The first-order valence-electron chi connectivity index (χ1n) is 9.84. The van der Waals surface area contributed by atoms with Gasteiger partial charge in [0.2, 0.25) is 5.91 Å². The lowest BCUT2D eigenvalue weighted by molar-refractivity contribution is -0.120. The molecule has 0 aliphatic heterocycles. The van der Waals surface area contributed by atoms with E-state index in [2.05, 4.69) is 20.6 Å². The van der Waals surface area contributed by atoms with Crippen LogP contribution < -0.4 is 10.6 Å². The Balaban J connectivity index is 1.31. The second kappa shape index (κ2) is 9.93. The third-order valence-electron chi connectivity index (χ3n) is 4.58. The zero-order chi connectivity index (χ0) is 22.3. The van der Waals surface area contributed by atoms with Crippen LogP contribution in [0.1, 0.15) is 21.6 Å². The van der Waals surface area contributed by atoms with Crippen LogP contribution in [0.4, 0.5) is 10.1 Å². The van der Waals surface area contributed by atoms with Gasteiger partial charge < -0.3 is 10.6 Å². The molecule has 160 valence electrons. The van der Waals surface area contributed by atoms with E-state index in [1.165, 1.54) is 35.6 Å². The first-order chi connectivity index (χ1) is 15.6. The molecule has 0 aliphatic carbocycles. The molecular weight excluding hydrogens is 427 g/mol. The second-order valence-electron chi connectivity index (χ2n) is 7.00. The molecule has 6 nitrogen and oxygen atoms in total. The molecule has 2 aromatic heterocycles. The number of carbonyl (C=O) groups excluding carboxylic acids is 2. The van der Waals surface area contributed by atoms with E-state index >= 15 is 0 Å². The fourth-order valence-corrected chi connectivity index (χ4v) is 3.81. The van der Waals surface area contributed by atoms with E-state index in [0.717, 1.165) is 16.1 Å². The van der Waals surface area contributed by atoms with Crippen molar-refractivity contribution in [3.05, 3.63) is 101 Å². The van der Waals surface area contributed by atoms with E-state index in [-0.39, 0.29) is 18.2 Å². The van der Waals surface area contributed by atoms with Crippen LogP contribution in [0.2, 0.25) is 0 Å². The van der Waals surface area contributed by atoms with Gasteiger partial charge in [-0.05, 0) is 54.1 Å². The number of anilines is 1. The predicted molar refractivity (Wildman–Crippen MR) is 122 cm³/mol. The van der Waals surface area contributed by atoms with Crippen molar-refractivity contribution < 1.29 is 14.0 Å². The molecule has 8 heteroatoms. The first-order valence-corrected chi connectivity index (χ1v) is 10.7. The number of nitrogens with one attached hydrogen (secondary N) is 2. The van der Waals surface area contributed by atoms with Gasteiger partial charge in [-0.2, -0.15) is 0 Å². The highest BCUT2D eigenvalue weighted by atomic mass is 32.1. The largest absolute Gasteiger partial charge is 0.352 e. The minimum Gasteiger partial charge on any atom is -0.352 e. The summed E-state index contributed by atoms with van der Waals surface area (Å²) in [7, 11) is 0. The van der Waals surface area contributed by atoms with Crippen molar-refractivity contribution in [2.75, 3.05) is 5.32 Å². The zero-order valence-corrected chi connectivity index (χ0v) is 17.7. The summed E-state index contributed by atoms with van der Waals surface area (Å²) < 4.78 is 13.0. The number of nitrogens with zero attached hydrogens (tertiary/aromatic N) is 2. The molecule has 2 N–H and O–H groups in total. The number of hydrogen-bond donors (Lipinski definition) is 2. The van der Waals surface area contributed by atoms with Crippen molar-refractivity contribution in [3.63, 3.8) is 0 Å². The molecule has 0 saturated carbocycles. The summed E-state index contributed by atoms with van der Waals surface area (Å²) in [5.41, 5.74) is 3.41. The Morgan fingerprint density at radius 3 is 2.66 bits per heavy atom. The number of benzene rings is 2. The molecule has 4 rings (SSSR count). The van der Waals surface area contributed by atoms with E-state index < -0.39 is 5.82 Å². The molecule has 2 aromatic carbocycles.